The second-order valence-electron chi connectivity index (χ2n) is 7.93. The number of nitriles is 1. The van der Waals surface area contributed by atoms with Crippen molar-refractivity contribution in [2.45, 2.75) is 47.0 Å². The molecule has 0 aliphatic heterocycles. The van der Waals surface area contributed by atoms with E-state index in [2.05, 4.69) is 42.7 Å². The van der Waals surface area contributed by atoms with Crippen LogP contribution in [0.5, 0.6) is 0 Å². The Morgan fingerprint density at radius 2 is 2.22 bits per heavy atom. The summed E-state index contributed by atoms with van der Waals surface area (Å²) in [6.45, 7) is 8.74. The highest BCUT2D eigenvalue weighted by Gasteiger charge is 2.30. The first-order chi connectivity index (χ1) is 12.8. The van der Waals surface area contributed by atoms with Crippen LogP contribution in [0.1, 0.15) is 58.0 Å². The normalized spacial score (nSPS) is 17.1. The number of carbonyl (C=O) groups is 1. The highest BCUT2D eigenvalue weighted by molar-refractivity contribution is 7.14. The van der Waals surface area contributed by atoms with Gasteiger partial charge in [0.05, 0.1) is 4.88 Å². The number of hydrazine groups is 1. The average Bonchev–Trinajstić information content (AvgIpc) is 3.23. The molecule has 2 aromatic rings. The summed E-state index contributed by atoms with van der Waals surface area (Å²) in [6.07, 6.45) is 4.75. The first-order valence-electron chi connectivity index (χ1n) is 8.98. The summed E-state index contributed by atoms with van der Waals surface area (Å²) in [4.78, 5) is 18.8. The molecule has 0 unspecified atom stereocenters. The van der Waals surface area contributed by atoms with Crippen LogP contribution in [-0.4, -0.2) is 10.9 Å². The van der Waals surface area contributed by atoms with Gasteiger partial charge in [0.2, 0.25) is 0 Å². The van der Waals surface area contributed by atoms with Crippen molar-refractivity contribution < 1.29 is 4.79 Å². The van der Waals surface area contributed by atoms with Crippen LogP contribution >= 0.6 is 22.7 Å². The Morgan fingerprint density at radius 3 is 2.85 bits per heavy atom. The molecule has 7 heteroatoms. The van der Waals surface area contributed by atoms with Crippen LogP contribution in [0.25, 0.3) is 5.57 Å². The fraction of sp³-hybridized carbons (Fsp3) is 0.450. The number of aromatic nitrogens is 1. The van der Waals surface area contributed by atoms with E-state index >= 15 is 0 Å². The Kier molecular flexibility index (Phi) is 5.68. The molecule has 1 atom stereocenters. The second kappa shape index (κ2) is 7.83. The third-order valence-corrected chi connectivity index (χ3v) is 7.13. The molecule has 2 aromatic heterocycles. The molecule has 142 valence electrons. The minimum absolute atomic E-state index is 0.175. The Labute approximate surface area is 168 Å². The zero-order valence-corrected chi connectivity index (χ0v) is 17.7. The highest BCUT2D eigenvalue weighted by Crippen LogP contribution is 2.40. The monoisotopic (exact) mass is 400 g/mol. The van der Waals surface area contributed by atoms with Gasteiger partial charge in [-0.05, 0) is 49.1 Å². The third kappa shape index (κ3) is 4.57. The zero-order chi connectivity index (χ0) is 19.6. The van der Waals surface area contributed by atoms with Crippen molar-refractivity contribution in [1.82, 2.24) is 15.8 Å². The topological polar surface area (TPSA) is 77.8 Å². The standard InChI is InChI=1S/C20H24N4OS2/c1-12-11-26-19(23-12)14(9-21)10-22-24-18(25)17-8-13-7-15(20(2,3)4)5-6-16(13)27-17/h8,10-11,15,22H,5-7H2,1-4H3,(H,24,25)/b14-10+/t15-/m1/s1. The molecule has 2 N–H and O–H groups in total. The summed E-state index contributed by atoms with van der Waals surface area (Å²) in [5.41, 5.74) is 8.27. The van der Waals surface area contributed by atoms with E-state index in [-0.39, 0.29) is 11.3 Å². The number of thiazole rings is 1. The Morgan fingerprint density at radius 1 is 1.44 bits per heavy atom. The summed E-state index contributed by atoms with van der Waals surface area (Å²) in [5, 5.41) is 11.8. The first-order valence-corrected chi connectivity index (χ1v) is 10.7. The number of hydrogen-bond acceptors (Lipinski definition) is 6. The van der Waals surface area contributed by atoms with E-state index in [0.29, 0.717) is 21.4 Å². The molecule has 1 amide bonds. The van der Waals surface area contributed by atoms with Crippen molar-refractivity contribution >= 4 is 34.2 Å². The fourth-order valence-electron chi connectivity index (χ4n) is 3.23. The Hall–Kier alpha value is -2.17. The lowest BCUT2D eigenvalue weighted by Crippen LogP contribution is -2.33. The summed E-state index contributed by atoms with van der Waals surface area (Å²) < 4.78 is 0. The van der Waals surface area contributed by atoms with Crippen LogP contribution in [0, 0.1) is 29.6 Å². The lowest BCUT2D eigenvalue weighted by molar-refractivity contribution is 0.0945. The van der Waals surface area contributed by atoms with E-state index in [1.807, 2.05) is 18.4 Å². The molecule has 3 rings (SSSR count). The Bertz CT molecular complexity index is 911. The van der Waals surface area contributed by atoms with Crippen molar-refractivity contribution in [3.05, 3.63) is 43.7 Å². The average molecular weight is 401 g/mol. The number of nitrogens with one attached hydrogen (secondary N) is 2. The molecule has 0 saturated heterocycles. The molecule has 1 aliphatic rings. The van der Waals surface area contributed by atoms with Crippen LogP contribution in [0.3, 0.4) is 0 Å². The van der Waals surface area contributed by atoms with Crippen LogP contribution in [0.15, 0.2) is 17.6 Å². The van der Waals surface area contributed by atoms with Gasteiger partial charge in [0.1, 0.15) is 16.6 Å². The first kappa shape index (κ1) is 19.6. The number of hydrogen-bond donors (Lipinski definition) is 2. The molecule has 0 fully saturated rings. The van der Waals surface area contributed by atoms with Crippen molar-refractivity contribution in [2.75, 3.05) is 0 Å². The number of fused-ring (bicyclic) bond motifs is 1. The van der Waals surface area contributed by atoms with Gasteiger partial charge in [0.15, 0.2) is 0 Å². The minimum atomic E-state index is -0.175. The molecular weight excluding hydrogens is 376 g/mol. The molecule has 1 aliphatic carbocycles. The summed E-state index contributed by atoms with van der Waals surface area (Å²) in [5.74, 6) is 0.474. The summed E-state index contributed by atoms with van der Waals surface area (Å²) in [6, 6.07) is 4.12. The van der Waals surface area contributed by atoms with Crippen LogP contribution in [0.2, 0.25) is 0 Å². The van der Waals surface area contributed by atoms with Gasteiger partial charge in [-0.15, -0.1) is 22.7 Å². The fourth-order valence-corrected chi connectivity index (χ4v) is 5.10. The van der Waals surface area contributed by atoms with Crippen LogP contribution in [-0.2, 0) is 12.8 Å². The van der Waals surface area contributed by atoms with Crippen molar-refractivity contribution in [3.63, 3.8) is 0 Å². The maximum Gasteiger partial charge on any atom is 0.279 e. The smallest absolute Gasteiger partial charge is 0.279 e. The highest BCUT2D eigenvalue weighted by atomic mass is 32.1. The van der Waals surface area contributed by atoms with Crippen molar-refractivity contribution in [3.8, 4) is 6.07 Å². The number of allylic oxidation sites excluding steroid dienone is 1. The maximum atomic E-state index is 12.5. The number of thiophene rings is 1. The molecule has 27 heavy (non-hydrogen) atoms. The summed E-state index contributed by atoms with van der Waals surface area (Å²) >= 11 is 2.98. The predicted octanol–water partition coefficient (Wildman–Crippen LogP) is 4.46. The van der Waals surface area contributed by atoms with Crippen LogP contribution < -0.4 is 10.9 Å². The third-order valence-electron chi connectivity index (χ3n) is 4.90. The van der Waals surface area contributed by atoms with E-state index < -0.39 is 0 Å². The molecule has 0 aromatic carbocycles. The number of aryl methyl sites for hydroxylation is 2. The predicted molar refractivity (Wildman–Crippen MR) is 110 cm³/mol. The summed E-state index contributed by atoms with van der Waals surface area (Å²) in [7, 11) is 0. The van der Waals surface area contributed by atoms with Gasteiger partial charge in [-0.2, -0.15) is 5.26 Å². The number of carbonyl (C=O) groups excluding carboxylic acids is 1. The van der Waals surface area contributed by atoms with E-state index in [1.165, 1.54) is 34.4 Å². The molecule has 0 bridgehead atoms. The van der Waals surface area contributed by atoms with Gasteiger partial charge in [-0.1, -0.05) is 20.8 Å². The quantitative estimate of drug-likeness (QED) is 0.587. The zero-order valence-electron chi connectivity index (χ0n) is 16.0. The largest absolute Gasteiger partial charge is 0.304 e. The lowest BCUT2D eigenvalue weighted by atomic mass is 9.72. The van der Waals surface area contributed by atoms with E-state index in [1.54, 1.807) is 11.3 Å². The van der Waals surface area contributed by atoms with Gasteiger partial charge >= 0.3 is 0 Å². The van der Waals surface area contributed by atoms with E-state index in [4.69, 9.17) is 0 Å². The number of nitrogens with zero attached hydrogens (tertiary/aromatic N) is 2. The molecule has 0 spiro atoms. The Balaban J connectivity index is 1.63. The lowest BCUT2D eigenvalue weighted by Gasteiger charge is -2.33. The SMILES string of the molecule is Cc1csc(/C(C#N)=C/NNC(=O)c2cc3c(s2)CC[C@@H](C(C)(C)C)C3)n1. The maximum absolute atomic E-state index is 12.5. The molecule has 2 heterocycles. The molecule has 0 saturated carbocycles. The number of rotatable bonds is 4. The van der Waals surface area contributed by atoms with Gasteiger partial charge in [-0.3, -0.25) is 10.2 Å². The molecule has 5 nitrogen and oxygen atoms in total. The number of amides is 1. The van der Waals surface area contributed by atoms with E-state index in [9.17, 15) is 10.1 Å². The van der Waals surface area contributed by atoms with Gasteiger partial charge < -0.3 is 5.43 Å². The van der Waals surface area contributed by atoms with Gasteiger partial charge in [0, 0.05) is 22.2 Å². The molecule has 0 radical (unpaired) electrons. The van der Waals surface area contributed by atoms with Crippen LogP contribution in [0.4, 0.5) is 0 Å². The van der Waals surface area contributed by atoms with Gasteiger partial charge in [0.25, 0.3) is 5.91 Å². The van der Waals surface area contributed by atoms with Crippen molar-refractivity contribution in [2.24, 2.45) is 11.3 Å². The second-order valence-corrected chi connectivity index (χ2v) is 9.92. The van der Waals surface area contributed by atoms with E-state index in [0.717, 1.165) is 18.5 Å². The van der Waals surface area contributed by atoms with Gasteiger partial charge in [-0.25, -0.2) is 4.98 Å². The molecular formula is C20H24N4OS2. The van der Waals surface area contributed by atoms with Crippen molar-refractivity contribution in [1.29, 1.82) is 5.26 Å². The minimum Gasteiger partial charge on any atom is -0.304 e.